The number of hydrogen-bond donors (Lipinski definition) is 0. The number of benzene rings is 6. The van der Waals surface area contributed by atoms with E-state index in [1.165, 1.54) is 54.6 Å². The summed E-state index contributed by atoms with van der Waals surface area (Å²) in [4.78, 5) is 0. The van der Waals surface area contributed by atoms with Crippen LogP contribution in [0.4, 0.5) is 0 Å². The smallest absolute Gasteiger partial charge is 0.00203 e. The fourth-order valence-electron chi connectivity index (χ4n) is 4.72. The van der Waals surface area contributed by atoms with Crippen LogP contribution in [-0.4, -0.2) is 0 Å². The molecule has 0 fully saturated rings. The maximum atomic E-state index is 3.87. The zero-order chi connectivity index (χ0) is 20.1. The van der Waals surface area contributed by atoms with Crippen LogP contribution in [0.3, 0.4) is 0 Å². The van der Waals surface area contributed by atoms with Crippen LogP contribution in [0, 0.1) is 0 Å². The van der Waals surface area contributed by atoms with Crippen molar-refractivity contribution in [3.05, 3.63) is 115 Å². The molecule has 0 saturated heterocycles. The SMILES string of the molecule is C=Cc1ccc(-c2ccc3ccc4c(-c5ccccc5)ccc5ccc2c3c54)cc1. The van der Waals surface area contributed by atoms with Gasteiger partial charge < -0.3 is 0 Å². The topological polar surface area (TPSA) is 0 Å². The third-order valence-electron chi connectivity index (χ3n) is 6.21. The minimum atomic E-state index is 1.14. The van der Waals surface area contributed by atoms with E-state index in [-0.39, 0.29) is 0 Å². The third kappa shape index (κ3) is 2.47. The van der Waals surface area contributed by atoms with E-state index in [0.717, 1.165) is 5.56 Å². The summed E-state index contributed by atoms with van der Waals surface area (Å²) in [7, 11) is 0. The lowest BCUT2D eigenvalue weighted by atomic mass is 9.87. The molecule has 0 aliphatic heterocycles. The molecule has 0 heteroatoms. The lowest BCUT2D eigenvalue weighted by Gasteiger charge is -2.16. The minimum absolute atomic E-state index is 1.14. The number of rotatable bonds is 3. The van der Waals surface area contributed by atoms with E-state index in [9.17, 15) is 0 Å². The van der Waals surface area contributed by atoms with Gasteiger partial charge in [-0.2, -0.15) is 0 Å². The van der Waals surface area contributed by atoms with Crippen molar-refractivity contribution in [1.29, 1.82) is 0 Å². The lowest BCUT2D eigenvalue weighted by Crippen LogP contribution is -1.89. The predicted molar refractivity (Wildman–Crippen MR) is 131 cm³/mol. The van der Waals surface area contributed by atoms with E-state index in [1.807, 2.05) is 6.08 Å². The highest BCUT2D eigenvalue weighted by Crippen LogP contribution is 2.42. The highest BCUT2D eigenvalue weighted by atomic mass is 14.2. The summed E-state index contributed by atoms with van der Waals surface area (Å²) < 4.78 is 0. The zero-order valence-corrected chi connectivity index (χ0v) is 16.6. The van der Waals surface area contributed by atoms with Crippen LogP contribution in [0.25, 0.3) is 60.6 Å². The molecule has 30 heavy (non-hydrogen) atoms. The van der Waals surface area contributed by atoms with Gasteiger partial charge in [-0.1, -0.05) is 116 Å². The van der Waals surface area contributed by atoms with Gasteiger partial charge in [0.15, 0.2) is 0 Å². The van der Waals surface area contributed by atoms with Gasteiger partial charge in [-0.3, -0.25) is 0 Å². The minimum Gasteiger partial charge on any atom is -0.0985 e. The molecule has 0 unspecified atom stereocenters. The molecule has 6 aromatic carbocycles. The van der Waals surface area contributed by atoms with E-state index in [2.05, 4.69) is 110 Å². The Morgan fingerprint density at radius 3 is 1.50 bits per heavy atom. The molecule has 0 N–H and O–H groups in total. The zero-order valence-electron chi connectivity index (χ0n) is 16.6. The molecule has 140 valence electrons. The quantitative estimate of drug-likeness (QED) is 0.270. The summed E-state index contributed by atoms with van der Waals surface area (Å²) >= 11 is 0. The molecule has 0 bridgehead atoms. The average Bonchev–Trinajstić information content (AvgIpc) is 2.83. The highest BCUT2D eigenvalue weighted by Gasteiger charge is 2.14. The van der Waals surface area contributed by atoms with Gasteiger partial charge in [0.1, 0.15) is 0 Å². The molecule has 0 aliphatic carbocycles. The molecule has 0 spiro atoms. The van der Waals surface area contributed by atoms with E-state index >= 15 is 0 Å². The number of hydrogen-bond acceptors (Lipinski definition) is 0. The molecule has 0 radical (unpaired) electrons. The van der Waals surface area contributed by atoms with Crippen molar-refractivity contribution in [3.63, 3.8) is 0 Å². The second-order valence-corrected chi connectivity index (χ2v) is 7.84. The van der Waals surface area contributed by atoms with Crippen LogP contribution in [0.5, 0.6) is 0 Å². The predicted octanol–water partition coefficient (Wildman–Crippen LogP) is 8.56. The van der Waals surface area contributed by atoms with Crippen LogP contribution in [-0.2, 0) is 0 Å². The first kappa shape index (κ1) is 17.0. The van der Waals surface area contributed by atoms with E-state index in [0.29, 0.717) is 0 Å². The maximum Gasteiger partial charge on any atom is -0.00203 e. The normalized spacial score (nSPS) is 11.5. The summed E-state index contributed by atoms with van der Waals surface area (Å²) in [6.07, 6.45) is 1.89. The molecule has 6 rings (SSSR count). The van der Waals surface area contributed by atoms with Gasteiger partial charge in [-0.05, 0) is 60.1 Å². The van der Waals surface area contributed by atoms with Gasteiger partial charge >= 0.3 is 0 Å². The highest BCUT2D eigenvalue weighted by molar-refractivity contribution is 6.27. The van der Waals surface area contributed by atoms with Crippen molar-refractivity contribution >= 4 is 38.4 Å². The maximum absolute atomic E-state index is 3.87. The van der Waals surface area contributed by atoms with Crippen LogP contribution in [0.15, 0.2) is 110 Å². The van der Waals surface area contributed by atoms with Gasteiger partial charge in [-0.25, -0.2) is 0 Å². The molecular weight excluding hydrogens is 360 g/mol. The Bertz CT molecular complexity index is 1520. The summed E-state index contributed by atoms with van der Waals surface area (Å²) in [6.45, 7) is 3.87. The van der Waals surface area contributed by atoms with E-state index < -0.39 is 0 Å². The van der Waals surface area contributed by atoms with Crippen molar-refractivity contribution < 1.29 is 0 Å². The Balaban J connectivity index is 1.70. The lowest BCUT2D eigenvalue weighted by molar-refractivity contribution is 1.63. The Hall–Kier alpha value is -3.90. The van der Waals surface area contributed by atoms with Crippen molar-refractivity contribution in [2.45, 2.75) is 0 Å². The van der Waals surface area contributed by atoms with Crippen molar-refractivity contribution in [1.82, 2.24) is 0 Å². The first-order valence-corrected chi connectivity index (χ1v) is 10.3. The van der Waals surface area contributed by atoms with Gasteiger partial charge in [0.25, 0.3) is 0 Å². The average molecular weight is 380 g/mol. The van der Waals surface area contributed by atoms with Gasteiger partial charge in [0.2, 0.25) is 0 Å². The second-order valence-electron chi connectivity index (χ2n) is 7.84. The van der Waals surface area contributed by atoms with Gasteiger partial charge in [0.05, 0.1) is 0 Å². The van der Waals surface area contributed by atoms with E-state index in [1.54, 1.807) is 0 Å². The summed E-state index contributed by atoms with van der Waals surface area (Å²) in [5.74, 6) is 0. The molecule has 0 aliphatic rings. The summed E-state index contributed by atoms with van der Waals surface area (Å²) in [6, 6.07) is 37.4. The van der Waals surface area contributed by atoms with Gasteiger partial charge in [0, 0.05) is 0 Å². The van der Waals surface area contributed by atoms with Crippen molar-refractivity contribution in [2.75, 3.05) is 0 Å². The van der Waals surface area contributed by atoms with Crippen LogP contribution >= 0.6 is 0 Å². The Kier molecular flexibility index (Phi) is 3.72. The third-order valence-corrected chi connectivity index (χ3v) is 6.21. The standard InChI is InChI=1S/C30H20/c1-2-20-8-10-22(11-9-20)26-17-13-24-14-18-27-25(21-6-4-3-5-7-21)16-12-23-15-19-28(26)30(24)29(23)27/h2-19H,1H2. The van der Waals surface area contributed by atoms with Crippen LogP contribution in [0.2, 0.25) is 0 Å². The fourth-order valence-corrected chi connectivity index (χ4v) is 4.72. The molecule has 0 saturated carbocycles. The molecule has 6 aromatic rings. The van der Waals surface area contributed by atoms with Crippen LogP contribution < -0.4 is 0 Å². The monoisotopic (exact) mass is 380 g/mol. The van der Waals surface area contributed by atoms with E-state index in [4.69, 9.17) is 0 Å². The Morgan fingerprint density at radius 1 is 0.467 bits per heavy atom. The molecule has 0 heterocycles. The largest absolute Gasteiger partial charge is 0.0985 e. The molecule has 0 nitrogen and oxygen atoms in total. The fraction of sp³-hybridized carbons (Fsp3) is 0. The second kappa shape index (κ2) is 6.57. The Labute approximate surface area is 176 Å². The first-order valence-electron chi connectivity index (χ1n) is 10.3. The summed E-state index contributed by atoms with van der Waals surface area (Å²) in [5.41, 5.74) is 6.21. The molecule has 0 atom stereocenters. The summed E-state index contributed by atoms with van der Waals surface area (Å²) in [5, 5.41) is 7.92. The van der Waals surface area contributed by atoms with Crippen LogP contribution in [0.1, 0.15) is 5.56 Å². The first-order chi connectivity index (χ1) is 14.8. The Morgan fingerprint density at radius 2 is 0.967 bits per heavy atom. The molecule has 0 aromatic heterocycles. The van der Waals surface area contributed by atoms with Gasteiger partial charge in [-0.15, -0.1) is 0 Å². The van der Waals surface area contributed by atoms with Crippen molar-refractivity contribution in [3.8, 4) is 22.3 Å². The molecule has 0 amide bonds. The van der Waals surface area contributed by atoms with Crippen molar-refractivity contribution in [2.24, 2.45) is 0 Å². The molecular formula is C30H20.